The molecular formula is C29H36F3N3O3. The average Bonchev–Trinajstić information content (AvgIpc) is 3.29. The highest BCUT2D eigenvalue weighted by atomic mass is 19.4. The van der Waals surface area contributed by atoms with E-state index in [2.05, 4.69) is 60.2 Å². The molecule has 0 unspecified atom stereocenters. The number of likely N-dealkylation sites (tertiary alicyclic amines) is 1. The van der Waals surface area contributed by atoms with Crippen molar-refractivity contribution in [1.82, 2.24) is 9.47 Å². The van der Waals surface area contributed by atoms with Crippen LogP contribution in [-0.2, 0) is 17.9 Å². The van der Waals surface area contributed by atoms with Crippen LogP contribution in [0, 0.1) is 0 Å². The van der Waals surface area contributed by atoms with Gasteiger partial charge in [-0.1, -0.05) is 68.7 Å². The van der Waals surface area contributed by atoms with E-state index in [1.165, 1.54) is 35.9 Å². The van der Waals surface area contributed by atoms with E-state index >= 15 is 0 Å². The number of nitrogens with two attached hydrogens (primary N) is 1. The fraction of sp³-hybridized carbons (Fsp3) is 0.448. The molecule has 0 saturated carbocycles. The van der Waals surface area contributed by atoms with Crippen molar-refractivity contribution < 1.29 is 27.9 Å². The Hall–Kier alpha value is -3.33. The van der Waals surface area contributed by atoms with Gasteiger partial charge in [-0.15, -0.1) is 0 Å². The van der Waals surface area contributed by atoms with Gasteiger partial charge in [-0.25, -0.2) is 4.79 Å². The largest absolute Gasteiger partial charge is 0.490 e. The van der Waals surface area contributed by atoms with Crippen LogP contribution in [0.1, 0.15) is 72.9 Å². The normalized spacial score (nSPS) is 14.3. The summed E-state index contributed by atoms with van der Waals surface area (Å²) in [5.41, 5.74) is 10.4. The van der Waals surface area contributed by atoms with Gasteiger partial charge in [0, 0.05) is 43.3 Å². The summed E-state index contributed by atoms with van der Waals surface area (Å²) in [4.78, 5) is 24.4. The number of rotatable bonds is 8. The zero-order chi connectivity index (χ0) is 27.7. The maximum atomic E-state index is 13.4. The number of nitrogens with zero attached hydrogens (tertiary/aromatic N) is 2. The SMILES string of the molecule is CCCCCCn1cc(C(=O)N2CCC(c3cccc(CN)c3)CC2)c2ccccc21.O=C(O)C(F)(F)F. The first-order chi connectivity index (χ1) is 18.2. The first kappa shape index (κ1) is 29.2. The van der Waals surface area contributed by atoms with Crippen molar-refractivity contribution in [1.29, 1.82) is 0 Å². The Bertz CT molecular complexity index is 1210. The van der Waals surface area contributed by atoms with Crippen LogP contribution >= 0.6 is 0 Å². The molecule has 0 radical (unpaired) electrons. The highest BCUT2D eigenvalue weighted by Gasteiger charge is 2.38. The molecule has 1 aromatic heterocycles. The Balaban J connectivity index is 0.000000505. The van der Waals surface area contributed by atoms with Gasteiger partial charge >= 0.3 is 12.1 Å². The van der Waals surface area contributed by atoms with Crippen LogP contribution in [0.4, 0.5) is 13.2 Å². The number of amides is 1. The highest BCUT2D eigenvalue weighted by molar-refractivity contribution is 6.07. The molecule has 0 bridgehead atoms. The van der Waals surface area contributed by atoms with Crippen LogP contribution in [0.2, 0.25) is 0 Å². The van der Waals surface area contributed by atoms with Crippen LogP contribution in [0.25, 0.3) is 10.9 Å². The number of carboxylic acids is 1. The van der Waals surface area contributed by atoms with E-state index < -0.39 is 12.1 Å². The first-order valence-electron chi connectivity index (χ1n) is 13.1. The van der Waals surface area contributed by atoms with Crippen molar-refractivity contribution in [3.05, 3.63) is 71.4 Å². The number of carbonyl (C=O) groups excluding carboxylic acids is 1. The molecule has 206 valence electrons. The summed E-state index contributed by atoms with van der Waals surface area (Å²) in [6.45, 7) is 5.42. The second kappa shape index (κ2) is 13.5. The summed E-state index contributed by atoms with van der Waals surface area (Å²) in [5.74, 6) is -2.07. The number of aliphatic carboxylic acids is 1. The number of aromatic nitrogens is 1. The standard InChI is InChI=1S/C27H35N3O.C2HF3O2/c1-2-3-4-7-15-30-20-25(24-11-5-6-12-26(24)30)27(31)29-16-13-22(14-17-29)23-10-8-9-21(18-23)19-28;3-2(4,5)1(6)7/h5-6,8-12,18,20,22H,2-4,7,13-17,19,28H2,1H3;(H,6,7). The van der Waals surface area contributed by atoms with Crippen molar-refractivity contribution in [2.45, 2.75) is 70.6 Å². The minimum atomic E-state index is -5.08. The van der Waals surface area contributed by atoms with Crippen LogP contribution in [0.3, 0.4) is 0 Å². The summed E-state index contributed by atoms with van der Waals surface area (Å²) < 4.78 is 34.0. The molecule has 6 nitrogen and oxygen atoms in total. The van der Waals surface area contributed by atoms with Gasteiger partial charge in [-0.05, 0) is 42.4 Å². The van der Waals surface area contributed by atoms with Crippen molar-refractivity contribution in [2.75, 3.05) is 13.1 Å². The van der Waals surface area contributed by atoms with Gasteiger partial charge in [-0.2, -0.15) is 13.2 Å². The number of carboxylic acid groups (broad SMARTS) is 1. The molecule has 2 aromatic carbocycles. The molecule has 3 aromatic rings. The molecule has 1 amide bonds. The predicted molar refractivity (Wildman–Crippen MR) is 142 cm³/mol. The molecule has 0 spiro atoms. The predicted octanol–water partition coefficient (Wildman–Crippen LogP) is 6.33. The van der Waals surface area contributed by atoms with Crippen molar-refractivity contribution >= 4 is 22.8 Å². The number of unbranched alkanes of at least 4 members (excludes halogenated alkanes) is 3. The third kappa shape index (κ3) is 7.60. The number of hydrogen-bond donors (Lipinski definition) is 2. The second-order valence-electron chi connectivity index (χ2n) is 9.63. The Morgan fingerprint density at radius 1 is 1.03 bits per heavy atom. The molecule has 2 heterocycles. The van der Waals surface area contributed by atoms with Crippen molar-refractivity contribution in [3.63, 3.8) is 0 Å². The van der Waals surface area contributed by atoms with Crippen molar-refractivity contribution in [2.24, 2.45) is 5.73 Å². The third-order valence-electron chi connectivity index (χ3n) is 6.95. The number of alkyl halides is 3. The quantitative estimate of drug-likeness (QED) is 0.332. The van der Waals surface area contributed by atoms with Crippen LogP contribution in [0.15, 0.2) is 54.7 Å². The van der Waals surface area contributed by atoms with Gasteiger partial charge in [0.05, 0.1) is 5.56 Å². The molecule has 3 N–H and O–H groups in total. The Labute approximate surface area is 221 Å². The van der Waals surface area contributed by atoms with E-state index in [0.29, 0.717) is 12.5 Å². The van der Waals surface area contributed by atoms with E-state index in [0.717, 1.165) is 49.8 Å². The lowest BCUT2D eigenvalue weighted by atomic mass is 9.88. The van der Waals surface area contributed by atoms with E-state index in [4.69, 9.17) is 15.6 Å². The molecule has 1 aliphatic rings. The van der Waals surface area contributed by atoms with E-state index in [1.807, 2.05) is 11.0 Å². The number of piperidine rings is 1. The number of carbonyl (C=O) groups is 2. The highest BCUT2D eigenvalue weighted by Crippen LogP contribution is 2.31. The van der Waals surface area contributed by atoms with E-state index in [1.54, 1.807) is 0 Å². The maximum absolute atomic E-state index is 13.4. The first-order valence-corrected chi connectivity index (χ1v) is 13.1. The van der Waals surface area contributed by atoms with Gasteiger partial charge in [-0.3, -0.25) is 4.79 Å². The van der Waals surface area contributed by atoms with Gasteiger partial charge in [0.15, 0.2) is 0 Å². The number of hydrogen-bond acceptors (Lipinski definition) is 3. The fourth-order valence-electron chi connectivity index (χ4n) is 4.87. The Morgan fingerprint density at radius 2 is 1.71 bits per heavy atom. The zero-order valence-corrected chi connectivity index (χ0v) is 21.7. The van der Waals surface area contributed by atoms with E-state index in [9.17, 15) is 18.0 Å². The number of halogens is 3. The number of fused-ring (bicyclic) bond motifs is 1. The number of para-hydroxylation sites is 1. The molecular weight excluding hydrogens is 495 g/mol. The van der Waals surface area contributed by atoms with Gasteiger partial charge < -0.3 is 20.3 Å². The third-order valence-corrected chi connectivity index (χ3v) is 6.95. The summed E-state index contributed by atoms with van der Waals surface area (Å²) in [5, 5.41) is 8.21. The van der Waals surface area contributed by atoms with Crippen molar-refractivity contribution in [3.8, 4) is 0 Å². The lowest BCUT2D eigenvalue weighted by Crippen LogP contribution is -2.37. The number of benzene rings is 2. The Morgan fingerprint density at radius 3 is 2.34 bits per heavy atom. The minimum absolute atomic E-state index is 0.178. The van der Waals surface area contributed by atoms with Crippen LogP contribution < -0.4 is 5.73 Å². The average molecular weight is 532 g/mol. The fourth-order valence-corrected chi connectivity index (χ4v) is 4.87. The zero-order valence-electron chi connectivity index (χ0n) is 21.7. The monoisotopic (exact) mass is 531 g/mol. The smallest absolute Gasteiger partial charge is 0.475 e. The molecule has 1 fully saturated rings. The summed E-state index contributed by atoms with van der Waals surface area (Å²) in [6.07, 6.45) is 3.94. The van der Waals surface area contributed by atoms with E-state index in [-0.39, 0.29) is 5.91 Å². The maximum Gasteiger partial charge on any atom is 0.490 e. The van der Waals surface area contributed by atoms with Crippen LogP contribution in [0.5, 0.6) is 0 Å². The molecule has 1 saturated heterocycles. The summed E-state index contributed by atoms with van der Waals surface area (Å²) in [6, 6.07) is 17.0. The molecule has 0 aliphatic carbocycles. The van der Waals surface area contributed by atoms with Gasteiger partial charge in [0.1, 0.15) is 0 Å². The summed E-state index contributed by atoms with van der Waals surface area (Å²) >= 11 is 0. The lowest BCUT2D eigenvalue weighted by molar-refractivity contribution is -0.192. The summed E-state index contributed by atoms with van der Waals surface area (Å²) in [7, 11) is 0. The minimum Gasteiger partial charge on any atom is -0.475 e. The molecule has 9 heteroatoms. The van der Waals surface area contributed by atoms with Gasteiger partial charge in [0.2, 0.25) is 0 Å². The van der Waals surface area contributed by atoms with Crippen LogP contribution in [-0.4, -0.2) is 45.7 Å². The molecule has 4 rings (SSSR count). The topological polar surface area (TPSA) is 88.6 Å². The Kier molecular flexibility index (Phi) is 10.4. The second-order valence-corrected chi connectivity index (χ2v) is 9.63. The molecule has 1 aliphatic heterocycles. The number of aryl methyl sites for hydroxylation is 1. The van der Waals surface area contributed by atoms with Gasteiger partial charge in [0.25, 0.3) is 5.91 Å². The molecule has 38 heavy (non-hydrogen) atoms. The lowest BCUT2D eigenvalue weighted by Gasteiger charge is -2.32. The molecule has 0 atom stereocenters.